The first-order chi connectivity index (χ1) is 9.54. The number of nitrogens with zero attached hydrogens (tertiary/aromatic N) is 1. The van der Waals surface area contributed by atoms with Crippen LogP contribution in [0.4, 0.5) is 0 Å². The smallest absolute Gasteiger partial charge is 0.136 e. The third-order valence-corrected chi connectivity index (χ3v) is 5.32. The van der Waals surface area contributed by atoms with E-state index in [-0.39, 0.29) is 17.3 Å². The molecule has 3 N–H and O–H groups in total. The molecule has 1 fully saturated rings. The SMILES string of the molecule is CC(=NC1c2cc(Br)ccc2C12CCCCC2)C(=N)N. The predicted molar refractivity (Wildman–Crippen MR) is 86.7 cm³/mol. The van der Waals surface area contributed by atoms with E-state index in [0.717, 1.165) is 4.47 Å². The molecule has 3 rings (SSSR count). The molecule has 3 nitrogen and oxygen atoms in total. The van der Waals surface area contributed by atoms with Gasteiger partial charge < -0.3 is 5.73 Å². The zero-order valence-electron chi connectivity index (χ0n) is 11.7. The van der Waals surface area contributed by atoms with Crippen molar-refractivity contribution in [3.05, 3.63) is 33.8 Å². The summed E-state index contributed by atoms with van der Waals surface area (Å²) < 4.78 is 1.10. The van der Waals surface area contributed by atoms with Crippen LogP contribution in [0.2, 0.25) is 0 Å². The Bertz CT molecular complexity index is 585. The first kappa shape index (κ1) is 13.8. The molecule has 1 saturated carbocycles. The number of amidine groups is 1. The fourth-order valence-electron chi connectivity index (χ4n) is 3.76. The van der Waals surface area contributed by atoms with Gasteiger partial charge in [-0.2, -0.15) is 0 Å². The standard InChI is InChI=1S/C16H20BrN3/c1-10(15(18)19)20-14-12-9-11(17)5-6-13(12)16(14)7-3-2-4-8-16/h5-6,9,14H,2-4,7-8H2,1H3,(H3,18,19). The van der Waals surface area contributed by atoms with Gasteiger partial charge in [0.05, 0.1) is 11.8 Å². The van der Waals surface area contributed by atoms with Gasteiger partial charge in [0.15, 0.2) is 0 Å². The Hall–Kier alpha value is -1.16. The van der Waals surface area contributed by atoms with Gasteiger partial charge in [-0.3, -0.25) is 10.4 Å². The van der Waals surface area contributed by atoms with Crippen LogP contribution in [0.25, 0.3) is 0 Å². The molecular formula is C16H20BrN3. The number of benzene rings is 1. The molecule has 2 aliphatic rings. The van der Waals surface area contributed by atoms with Crippen molar-refractivity contribution >= 4 is 27.5 Å². The summed E-state index contributed by atoms with van der Waals surface area (Å²) in [4.78, 5) is 4.79. The predicted octanol–water partition coefficient (Wildman–Crippen LogP) is 4.10. The van der Waals surface area contributed by atoms with Gasteiger partial charge in [0.1, 0.15) is 5.84 Å². The Morgan fingerprint density at radius 2 is 2.05 bits per heavy atom. The quantitative estimate of drug-likeness (QED) is 0.621. The van der Waals surface area contributed by atoms with Crippen molar-refractivity contribution in [3.8, 4) is 0 Å². The zero-order valence-corrected chi connectivity index (χ0v) is 13.3. The molecule has 0 bridgehead atoms. The minimum absolute atomic E-state index is 0.0828. The Kier molecular flexibility index (Phi) is 3.44. The Labute approximate surface area is 128 Å². The molecule has 106 valence electrons. The van der Waals surface area contributed by atoms with E-state index in [2.05, 4.69) is 34.1 Å². The summed E-state index contributed by atoms with van der Waals surface area (Å²) in [6, 6.07) is 6.74. The van der Waals surface area contributed by atoms with Gasteiger partial charge in [0.25, 0.3) is 0 Å². The van der Waals surface area contributed by atoms with Crippen LogP contribution in [0.5, 0.6) is 0 Å². The van der Waals surface area contributed by atoms with Crippen molar-refractivity contribution in [1.29, 1.82) is 5.41 Å². The largest absolute Gasteiger partial charge is 0.383 e. The topological polar surface area (TPSA) is 62.2 Å². The maximum atomic E-state index is 7.56. The number of hydrogen-bond donors (Lipinski definition) is 2. The number of aliphatic imine (C=N–C) groups is 1. The summed E-state index contributed by atoms with van der Waals surface area (Å²) >= 11 is 3.55. The van der Waals surface area contributed by atoms with Crippen molar-refractivity contribution in [2.45, 2.75) is 50.5 Å². The maximum Gasteiger partial charge on any atom is 0.136 e. The van der Waals surface area contributed by atoms with E-state index in [1.54, 1.807) is 0 Å². The van der Waals surface area contributed by atoms with Crippen molar-refractivity contribution in [2.75, 3.05) is 0 Å². The summed E-state index contributed by atoms with van der Waals surface area (Å²) in [5.74, 6) is 0.0828. The summed E-state index contributed by atoms with van der Waals surface area (Å²) in [7, 11) is 0. The second-order valence-corrected chi connectivity index (χ2v) is 6.89. The van der Waals surface area contributed by atoms with Crippen LogP contribution in [0.15, 0.2) is 27.7 Å². The average molecular weight is 334 g/mol. The van der Waals surface area contributed by atoms with E-state index in [4.69, 9.17) is 16.1 Å². The molecule has 20 heavy (non-hydrogen) atoms. The Balaban J connectivity index is 2.05. The summed E-state index contributed by atoms with van der Waals surface area (Å²) in [6.45, 7) is 1.84. The van der Waals surface area contributed by atoms with Gasteiger partial charge in [-0.1, -0.05) is 41.3 Å². The Morgan fingerprint density at radius 3 is 2.70 bits per heavy atom. The highest BCUT2D eigenvalue weighted by atomic mass is 79.9. The number of halogens is 1. The highest BCUT2D eigenvalue weighted by molar-refractivity contribution is 9.10. The monoisotopic (exact) mass is 333 g/mol. The van der Waals surface area contributed by atoms with Crippen LogP contribution in [0.3, 0.4) is 0 Å². The van der Waals surface area contributed by atoms with Crippen molar-refractivity contribution in [1.82, 2.24) is 0 Å². The molecule has 0 radical (unpaired) electrons. The lowest BCUT2D eigenvalue weighted by molar-refractivity contribution is 0.206. The average Bonchev–Trinajstić information content (AvgIpc) is 2.45. The van der Waals surface area contributed by atoms with E-state index < -0.39 is 0 Å². The lowest BCUT2D eigenvalue weighted by Crippen LogP contribution is -2.45. The molecule has 1 atom stereocenters. The second kappa shape index (κ2) is 4.99. The minimum atomic E-state index is 0.0828. The van der Waals surface area contributed by atoms with Crippen LogP contribution in [-0.2, 0) is 5.41 Å². The van der Waals surface area contributed by atoms with Crippen molar-refractivity contribution < 1.29 is 0 Å². The van der Waals surface area contributed by atoms with E-state index in [0.29, 0.717) is 5.71 Å². The fourth-order valence-corrected chi connectivity index (χ4v) is 4.14. The van der Waals surface area contributed by atoms with E-state index in [9.17, 15) is 0 Å². The number of rotatable bonds is 2. The van der Waals surface area contributed by atoms with E-state index in [1.165, 1.54) is 43.2 Å². The summed E-state index contributed by atoms with van der Waals surface area (Å²) in [6.07, 6.45) is 6.30. The molecule has 1 unspecified atom stereocenters. The van der Waals surface area contributed by atoms with Gasteiger partial charge >= 0.3 is 0 Å². The lowest BCUT2D eigenvalue weighted by atomic mass is 9.54. The number of hydrogen-bond acceptors (Lipinski definition) is 2. The summed E-state index contributed by atoms with van der Waals surface area (Å²) in [5, 5.41) is 7.56. The molecule has 0 aliphatic heterocycles. The molecule has 1 aromatic rings. The number of fused-ring (bicyclic) bond motifs is 2. The molecule has 0 aromatic heterocycles. The summed E-state index contributed by atoms with van der Waals surface area (Å²) in [5.41, 5.74) is 9.20. The molecule has 1 aromatic carbocycles. The third kappa shape index (κ3) is 2.01. The van der Waals surface area contributed by atoms with Crippen molar-refractivity contribution in [3.63, 3.8) is 0 Å². The highest BCUT2D eigenvalue weighted by Crippen LogP contribution is 2.60. The van der Waals surface area contributed by atoms with Crippen LogP contribution in [0, 0.1) is 5.41 Å². The first-order valence-corrected chi connectivity index (χ1v) is 8.02. The molecule has 0 amide bonds. The third-order valence-electron chi connectivity index (χ3n) is 4.83. The normalized spacial score (nSPS) is 24.1. The van der Waals surface area contributed by atoms with Crippen LogP contribution >= 0.6 is 15.9 Å². The maximum absolute atomic E-state index is 7.56. The fraction of sp³-hybridized carbons (Fsp3) is 0.500. The molecule has 0 saturated heterocycles. The molecule has 1 spiro atoms. The zero-order chi connectivity index (χ0) is 14.3. The van der Waals surface area contributed by atoms with Gasteiger partial charge in [-0.25, -0.2) is 0 Å². The van der Waals surface area contributed by atoms with Crippen LogP contribution in [-0.4, -0.2) is 11.5 Å². The van der Waals surface area contributed by atoms with E-state index >= 15 is 0 Å². The Morgan fingerprint density at radius 1 is 1.35 bits per heavy atom. The van der Waals surface area contributed by atoms with Crippen LogP contribution in [0.1, 0.15) is 56.2 Å². The minimum Gasteiger partial charge on any atom is -0.383 e. The van der Waals surface area contributed by atoms with Gasteiger partial charge in [-0.15, -0.1) is 0 Å². The molecular weight excluding hydrogens is 314 g/mol. The highest BCUT2D eigenvalue weighted by Gasteiger charge is 2.51. The first-order valence-electron chi connectivity index (χ1n) is 7.23. The molecule has 2 aliphatic carbocycles. The number of nitrogens with two attached hydrogens (primary N) is 1. The van der Waals surface area contributed by atoms with Gasteiger partial charge in [0.2, 0.25) is 0 Å². The second-order valence-electron chi connectivity index (χ2n) is 5.98. The van der Waals surface area contributed by atoms with Crippen LogP contribution < -0.4 is 5.73 Å². The van der Waals surface area contributed by atoms with Crippen molar-refractivity contribution in [2.24, 2.45) is 10.7 Å². The molecule has 4 heteroatoms. The van der Waals surface area contributed by atoms with E-state index in [1.807, 2.05) is 6.92 Å². The lowest BCUT2D eigenvalue weighted by Gasteiger charge is -2.52. The van der Waals surface area contributed by atoms with Gasteiger partial charge in [0, 0.05) is 9.89 Å². The molecule has 0 heterocycles. The van der Waals surface area contributed by atoms with Gasteiger partial charge in [-0.05, 0) is 43.0 Å². The number of nitrogens with one attached hydrogen (secondary N) is 1.